The Balaban J connectivity index is 3.79. The largest absolute Gasteiger partial charge is 0.370 e. The maximum Gasteiger partial charge on any atom is 0.0758 e. The number of rotatable bonds is 6. The fourth-order valence-corrected chi connectivity index (χ4v) is 1.15. The van der Waals surface area contributed by atoms with Gasteiger partial charge in [0.25, 0.3) is 0 Å². The number of hydrogen-bond donors (Lipinski definition) is 0. The normalized spacial score (nSPS) is 14.6. The van der Waals surface area contributed by atoms with E-state index in [9.17, 15) is 0 Å². The molecule has 0 rings (SSSR count). The van der Waals surface area contributed by atoms with Crippen molar-refractivity contribution in [2.75, 3.05) is 0 Å². The van der Waals surface area contributed by atoms with Gasteiger partial charge in [-0.05, 0) is 25.8 Å². The zero-order chi connectivity index (χ0) is 10.3. The lowest BCUT2D eigenvalue weighted by Crippen LogP contribution is -2.18. The summed E-state index contributed by atoms with van der Waals surface area (Å²) in [6.07, 6.45) is 2.63. The lowest BCUT2D eigenvalue weighted by molar-refractivity contribution is 0.0297. The van der Waals surface area contributed by atoms with Gasteiger partial charge >= 0.3 is 0 Å². The van der Waals surface area contributed by atoms with Gasteiger partial charge in [-0.25, -0.2) is 0 Å². The summed E-state index contributed by atoms with van der Waals surface area (Å²) in [5, 5.41) is 8.44. The lowest BCUT2D eigenvalue weighted by atomic mass is 10.1. The Labute approximate surface area is 81.2 Å². The lowest BCUT2D eigenvalue weighted by Gasteiger charge is -2.19. The summed E-state index contributed by atoms with van der Waals surface area (Å²) >= 11 is 0. The van der Waals surface area contributed by atoms with E-state index in [0.717, 1.165) is 18.4 Å². The zero-order valence-corrected chi connectivity index (χ0v) is 8.84. The van der Waals surface area contributed by atoms with E-state index in [4.69, 9.17) is 10.00 Å². The molecular formula is C11H19NO. The van der Waals surface area contributed by atoms with Gasteiger partial charge in [-0.1, -0.05) is 19.9 Å². The Morgan fingerprint density at radius 1 is 1.54 bits per heavy atom. The van der Waals surface area contributed by atoms with Gasteiger partial charge in [0.1, 0.15) is 0 Å². The predicted molar refractivity (Wildman–Crippen MR) is 54.3 cm³/mol. The van der Waals surface area contributed by atoms with Gasteiger partial charge in [0, 0.05) is 0 Å². The minimum Gasteiger partial charge on any atom is -0.370 e. The minimum absolute atomic E-state index is 0.00797. The molecule has 0 radical (unpaired) electrons. The Morgan fingerprint density at radius 3 is 2.62 bits per heavy atom. The molecular weight excluding hydrogens is 162 g/mol. The third-order valence-electron chi connectivity index (χ3n) is 1.96. The van der Waals surface area contributed by atoms with Crippen LogP contribution in [0.1, 0.15) is 40.0 Å². The van der Waals surface area contributed by atoms with Crippen molar-refractivity contribution >= 4 is 0 Å². The Kier molecular flexibility index (Phi) is 6.26. The molecule has 0 aliphatic rings. The van der Waals surface area contributed by atoms with Crippen LogP contribution in [0.15, 0.2) is 12.2 Å². The zero-order valence-electron chi connectivity index (χ0n) is 8.84. The van der Waals surface area contributed by atoms with E-state index >= 15 is 0 Å². The van der Waals surface area contributed by atoms with Crippen molar-refractivity contribution in [3.8, 4) is 6.07 Å². The van der Waals surface area contributed by atoms with E-state index in [1.165, 1.54) is 0 Å². The van der Waals surface area contributed by atoms with E-state index in [1.807, 2.05) is 13.8 Å². The van der Waals surface area contributed by atoms with Gasteiger partial charge in [0.2, 0.25) is 0 Å². The molecule has 74 valence electrons. The first-order valence-corrected chi connectivity index (χ1v) is 4.81. The van der Waals surface area contributed by atoms with Crippen molar-refractivity contribution in [1.82, 2.24) is 0 Å². The monoisotopic (exact) mass is 181 g/mol. The van der Waals surface area contributed by atoms with Crippen molar-refractivity contribution < 1.29 is 4.74 Å². The third kappa shape index (κ3) is 5.43. The first-order valence-electron chi connectivity index (χ1n) is 4.81. The summed E-state index contributed by atoms with van der Waals surface area (Å²) in [5.41, 5.74) is 1.12. The number of ether oxygens (including phenoxy) is 1. The van der Waals surface area contributed by atoms with Crippen molar-refractivity contribution in [3.63, 3.8) is 0 Å². The third-order valence-corrected chi connectivity index (χ3v) is 1.96. The van der Waals surface area contributed by atoms with Crippen molar-refractivity contribution in [1.29, 1.82) is 5.26 Å². The standard InChI is InChI=1S/C11H19NO/c1-5-6-9(2)11(4)13-10(3)7-8-12/h10-11H,2,5-7H2,1,3-4H3. The molecule has 0 fully saturated rings. The topological polar surface area (TPSA) is 33.0 Å². The van der Waals surface area contributed by atoms with Crippen LogP contribution in [0.3, 0.4) is 0 Å². The first kappa shape index (κ1) is 12.2. The van der Waals surface area contributed by atoms with E-state index in [0.29, 0.717) is 6.42 Å². The molecule has 0 saturated heterocycles. The molecule has 0 amide bonds. The maximum atomic E-state index is 8.44. The molecule has 0 aromatic heterocycles. The minimum atomic E-state index is 0.00797. The molecule has 0 bridgehead atoms. The molecule has 0 aliphatic heterocycles. The maximum absolute atomic E-state index is 8.44. The van der Waals surface area contributed by atoms with Gasteiger partial charge in [-0.2, -0.15) is 5.26 Å². The number of nitrogens with zero attached hydrogens (tertiary/aromatic N) is 1. The quantitative estimate of drug-likeness (QED) is 0.590. The predicted octanol–water partition coefficient (Wildman–Crippen LogP) is 3.05. The highest BCUT2D eigenvalue weighted by molar-refractivity contribution is 5.00. The van der Waals surface area contributed by atoms with Crippen LogP contribution >= 0.6 is 0 Å². The van der Waals surface area contributed by atoms with Gasteiger partial charge in [-0.3, -0.25) is 0 Å². The molecule has 2 nitrogen and oxygen atoms in total. The van der Waals surface area contributed by atoms with E-state index in [-0.39, 0.29) is 12.2 Å². The first-order chi connectivity index (χ1) is 6.11. The molecule has 0 saturated carbocycles. The van der Waals surface area contributed by atoms with Crippen LogP contribution in [0.4, 0.5) is 0 Å². The Morgan fingerprint density at radius 2 is 2.15 bits per heavy atom. The average molecular weight is 181 g/mol. The number of hydrogen-bond acceptors (Lipinski definition) is 2. The van der Waals surface area contributed by atoms with Crippen molar-refractivity contribution in [2.45, 2.75) is 52.2 Å². The van der Waals surface area contributed by atoms with Gasteiger partial charge < -0.3 is 4.74 Å². The van der Waals surface area contributed by atoms with Crippen LogP contribution in [0.5, 0.6) is 0 Å². The molecule has 0 aliphatic carbocycles. The molecule has 2 atom stereocenters. The van der Waals surface area contributed by atoms with Gasteiger partial charge in [0.15, 0.2) is 0 Å². The van der Waals surface area contributed by atoms with Crippen LogP contribution in [0.25, 0.3) is 0 Å². The summed E-state index contributed by atoms with van der Waals surface area (Å²) in [6, 6.07) is 2.09. The van der Waals surface area contributed by atoms with E-state index < -0.39 is 0 Å². The molecule has 0 aromatic carbocycles. The van der Waals surface area contributed by atoms with Crippen LogP contribution in [-0.2, 0) is 4.74 Å². The molecule has 2 heteroatoms. The van der Waals surface area contributed by atoms with Crippen LogP contribution in [-0.4, -0.2) is 12.2 Å². The fraction of sp³-hybridized carbons (Fsp3) is 0.727. The second kappa shape index (κ2) is 6.68. The smallest absolute Gasteiger partial charge is 0.0758 e. The highest BCUT2D eigenvalue weighted by Crippen LogP contribution is 2.13. The summed E-state index contributed by atoms with van der Waals surface area (Å²) < 4.78 is 5.58. The Bertz CT molecular complexity index is 193. The molecule has 13 heavy (non-hydrogen) atoms. The highest BCUT2D eigenvalue weighted by Gasteiger charge is 2.10. The summed E-state index contributed by atoms with van der Waals surface area (Å²) in [6.45, 7) is 9.98. The Hall–Kier alpha value is -0.810. The highest BCUT2D eigenvalue weighted by atomic mass is 16.5. The van der Waals surface area contributed by atoms with Crippen LogP contribution in [0.2, 0.25) is 0 Å². The van der Waals surface area contributed by atoms with Gasteiger partial charge in [0.05, 0.1) is 24.7 Å². The van der Waals surface area contributed by atoms with Crippen LogP contribution < -0.4 is 0 Å². The van der Waals surface area contributed by atoms with Crippen molar-refractivity contribution in [3.05, 3.63) is 12.2 Å². The average Bonchev–Trinajstić information content (AvgIpc) is 2.05. The van der Waals surface area contributed by atoms with Crippen molar-refractivity contribution in [2.24, 2.45) is 0 Å². The van der Waals surface area contributed by atoms with E-state index in [2.05, 4.69) is 19.6 Å². The SMILES string of the molecule is C=C(CCC)C(C)OC(C)CC#N. The summed E-state index contributed by atoms with van der Waals surface area (Å²) in [7, 11) is 0. The molecule has 0 heterocycles. The van der Waals surface area contributed by atoms with Crippen LogP contribution in [0, 0.1) is 11.3 Å². The fourth-order valence-electron chi connectivity index (χ4n) is 1.15. The van der Waals surface area contributed by atoms with E-state index in [1.54, 1.807) is 0 Å². The molecule has 0 spiro atoms. The summed E-state index contributed by atoms with van der Waals surface area (Å²) in [4.78, 5) is 0. The number of nitriles is 1. The molecule has 2 unspecified atom stereocenters. The van der Waals surface area contributed by atoms with Gasteiger partial charge in [-0.15, -0.1) is 0 Å². The summed E-state index contributed by atoms with van der Waals surface area (Å²) in [5.74, 6) is 0. The molecule has 0 N–H and O–H groups in total. The second-order valence-electron chi connectivity index (χ2n) is 3.36. The second-order valence-corrected chi connectivity index (χ2v) is 3.36. The molecule has 0 aromatic rings.